The molecule has 0 spiro atoms. The fraction of sp³-hybridized carbons (Fsp3) is 1.00. The summed E-state index contributed by atoms with van der Waals surface area (Å²) in [5, 5.41) is 3.33. The van der Waals surface area contributed by atoms with Gasteiger partial charge in [-0.25, -0.2) is 4.39 Å². The largest absolute Gasteiger partial charge is 0.380 e. The molecule has 1 heterocycles. The van der Waals surface area contributed by atoms with Crippen LogP contribution in [0.5, 0.6) is 0 Å². The monoisotopic (exact) mass is 173 g/mol. The van der Waals surface area contributed by atoms with Gasteiger partial charge in [-0.3, -0.25) is 0 Å². The molecule has 3 atom stereocenters. The first kappa shape index (κ1) is 8.45. The Labute approximate surface area is 72.5 Å². The molecule has 0 amide bonds. The third kappa shape index (κ3) is 1.77. The fourth-order valence-electron chi connectivity index (χ4n) is 2.07. The molecule has 0 aromatic rings. The first-order valence-corrected chi connectivity index (χ1v) is 4.84. The number of hydrogen-bond acceptors (Lipinski definition) is 2. The molecule has 1 saturated heterocycles. The van der Waals surface area contributed by atoms with Crippen LogP contribution >= 0.6 is 0 Å². The van der Waals surface area contributed by atoms with Gasteiger partial charge in [-0.1, -0.05) is 0 Å². The summed E-state index contributed by atoms with van der Waals surface area (Å²) in [4.78, 5) is 0. The van der Waals surface area contributed by atoms with Crippen LogP contribution in [0.2, 0.25) is 0 Å². The van der Waals surface area contributed by atoms with Crippen LogP contribution in [0, 0.1) is 0 Å². The topological polar surface area (TPSA) is 21.3 Å². The van der Waals surface area contributed by atoms with Crippen molar-refractivity contribution in [3.63, 3.8) is 0 Å². The van der Waals surface area contributed by atoms with E-state index in [0.29, 0.717) is 6.04 Å². The molecule has 0 aromatic heterocycles. The van der Waals surface area contributed by atoms with Crippen molar-refractivity contribution in [1.82, 2.24) is 5.32 Å². The van der Waals surface area contributed by atoms with E-state index >= 15 is 0 Å². The third-order valence-electron chi connectivity index (χ3n) is 2.81. The average molecular weight is 173 g/mol. The van der Waals surface area contributed by atoms with E-state index in [0.717, 1.165) is 38.9 Å². The van der Waals surface area contributed by atoms with Gasteiger partial charge in [-0.05, 0) is 25.7 Å². The van der Waals surface area contributed by atoms with Crippen LogP contribution in [0.1, 0.15) is 25.7 Å². The molecule has 2 aliphatic rings. The molecular formula is C9H16FNO. The zero-order valence-electron chi connectivity index (χ0n) is 7.26. The van der Waals surface area contributed by atoms with Crippen molar-refractivity contribution in [2.24, 2.45) is 0 Å². The summed E-state index contributed by atoms with van der Waals surface area (Å²) >= 11 is 0. The lowest BCUT2D eigenvalue weighted by molar-refractivity contribution is 0.183. The maximum atomic E-state index is 13.1. The molecule has 1 unspecified atom stereocenters. The minimum atomic E-state index is -0.620. The van der Waals surface area contributed by atoms with Crippen LogP contribution in [0.3, 0.4) is 0 Å². The van der Waals surface area contributed by atoms with Crippen molar-refractivity contribution < 1.29 is 9.13 Å². The highest BCUT2D eigenvalue weighted by Crippen LogP contribution is 2.23. The first-order chi connectivity index (χ1) is 5.86. The lowest BCUT2D eigenvalue weighted by Gasteiger charge is -2.18. The molecule has 3 heteroatoms. The lowest BCUT2D eigenvalue weighted by atomic mass is 10.2. The molecule has 70 valence electrons. The van der Waals surface area contributed by atoms with Crippen molar-refractivity contribution in [3.05, 3.63) is 0 Å². The Balaban J connectivity index is 1.77. The molecular weight excluding hydrogens is 157 g/mol. The van der Waals surface area contributed by atoms with E-state index in [1.54, 1.807) is 0 Å². The van der Waals surface area contributed by atoms with Crippen LogP contribution in [-0.2, 0) is 4.74 Å². The lowest BCUT2D eigenvalue weighted by Crippen LogP contribution is -2.41. The Kier molecular flexibility index (Phi) is 2.61. The SMILES string of the molecule is F[C@@H]1CCC[C@H]1NC1CCOC1. The molecule has 1 saturated carbocycles. The number of hydrogen-bond donors (Lipinski definition) is 1. The van der Waals surface area contributed by atoms with Gasteiger partial charge in [0, 0.05) is 18.7 Å². The number of nitrogens with one attached hydrogen (secondary N) is 1. The van der Waals surface area contributed by atoms with Crippen molar-refractivity contribution in [2.75, 3.05) is 13.2 Å². The standard InChI is InChI=1S/C9H16FNO/c10-8-2-1-3-9(8)11-7-4-5-12-6-7/h7-9,11H,1-6H2/t7?,8-,9-/m1/s1. The third-order valence-corrected chi connectivity index (χ3v) is 2.81. The second-order valence-corrected chi connectivity index (χ2v) is 3.78. The van der Waals surface area contributed by atoms with Crippen molar-refractivity contribution in [3.8, 4) is 0 Å². The predicted octanol–water partition coefficient (Wildman–Crippen LogP) is 1.26. The zero-order valence-corrected chi connectivity index (χ0v) is 7.26. The molecule has 0 aromatic carbocycles. The van der Waals surface area contributed by atoms with Crippen LogP contribution in [-0.4, -0.2) is 31.5 Å². The number of halogens is 1. The van der Waals surface area contributed by atoms with Gasteiger partial charge in [0.15, 0.2) is 0 Å². The predicted molar refractivity (Wildman–Crippen MR) is 44.9 cm³/mol. The Morgan fingerprint density at radius 1 is 1.25 bits per heavy atom. The van der Waals surface area contributed by atoms with E-state index < -0.39 is 6.17 Å². The van der Waals surface area contributed by atoms with Crippen molar-refractivity contribution in [2.45, 2.75) is 43.9 Å². The Morgan fingerprint density at radius 3 is 2.75 bits per heavy atom. The van der Waals surface area contributed by atoms with Gasteiger partial charge >= 0.3 is 0 Å². The van der Waals surface area contributed by atoms with E-state index in [-0.39, 0.29) is 6.04 Å². The maximum Gasteiger partial charge on any atom is 0.115 e. The molecule has 1 N–H and O–H groups in total. The Hall–Kier alpha value is -0.150. The minimum absolute atomic E-state index is 0.108. The molecule has 2 rings (SSSR count). The van der Waals surface area contributed by atoms with E-state index in [4.69, 9.17) is 4.74 Å². The smallest absolute Gasteiger partial charge is 0.115 e. The van der Waals surface area contributed by atoms with E-state index in [1.165, 1.54) is 0 Å². The van der Waals surface area contributed by atoms with Gasteiger partial charge in [0.05, 0.1) is 6.61 Å². The summed E-state index contributed by atoms with van der Waals surface area (Å²) in [7, 11) is 0. The number of rotatable bonds is 2. The highest BCUT2D eigenvalue weighted by molar-refractivity contribution is 4.86. The summed E-state index contributed by atoms with van der Waals surface area (Å²) in [6.45, 7) is 1.60. The molecule has 12 heavy (non-hydrogen) atoms. The molecule has 0 radical (unpaired) electrons. The fourth-order valence-corrected chi connectivity index (χ4v) is 2.07. The van der Waals surface area contributed by atoms with E-state index in [1.807, 2.05) is 0 Å². The van der Waals surface area contributed by atoms with E-state index in [9.17, 15) is 4.39 Å². The Morgan fingerprint density at radius 2 is 2.17 bits per heavy atom. The quantitative estimate of drug-likeness (QED) is 0.678. The van der Waals surface area contributed by atoms with Gasteiger partial charge in [0.1, 0.15) is 6.17 Å². The highest BCUT2D eigenvalue weighted by Gasteiger charge is 2.29. The highest BCUT2D eigenvalue weighted by atomic mass is 19.1. The molecule has 1 aliphatic carbocycles. The van der Waals surface area contributed by atoms with Crippen LogP contribution in [0.4, 0.5) is 4.39 Å². The van der Waals surface area contributed by atoms with Gasteiger partial charge in [0.2, 0.25) is 0 Å². The maximum absolute atomic E-state index is 13.1. The van der Waals surface area contributed by atoms with E-state index in [2.05, 4.69) is 5.32 Å². The minimum Gasteiger partial charge on any atom is -0.380 e. The van der Waals surface area contributed by atoms with Crippen molar-refractivity contribution in [1.29, 1.82) is 0 Å². The summed E-state index contributed by atoms with van der Waals surface area (Å²) in [5.41, 5.74) is 0. The van der Waals surface area contributed by atoms with Crippen LogP contribution in [0.15, 0.2) is 0 Å². The van der Waals surface area contributed by atoms with Gasteiger partial charge in [0.25, 0.3) is 0 Å². The Bertz CT molecular complexity index is 147. The molecule has 1 aliphatic heterocycles. The number of ether oxygens (including phenoxy) is 1. The van der Waals surface area contributed by atoms with Crippen LogP contribution < -0.4 is 5.32 Å². The first-order valence-electron chi connectivity index (χ1n) is 4.84. The van der Waals surface area contributed by atoms with Crippen molar-refractivity contribution >= 4 is 0 Å². The molecule has 2 nitrogen and oxygen atoms in total. The zero-order chi connectivity index (χ0) is 8.39. The van der Waals surface area contributed by atoms with Gasteiger partial charge < -0.3 is 10.1 Å². The molecule has 2 fully saturated rings. The van der Waals surface area contributed by atoms with Gasteiger partial charge in [-0.2, -0.15) is 0 Å². The van der Waals surface area contributed by atoms with Gasteiger partial charge in [-0.15, -0.1) is 0 Å². The summed E-state index contributed by atoms with van der Waals surface area (Å²) in [5.74, 6) is 0. The normalized spacial score (nSPS) is 42.2. The summed E-state index contributed by atoms with van der Waals surface area (Å²) in [6.07, 6.45) is 3.20. The molecule has 0 bridgehead atoms. The second kappa shape index (κ2) is 3.71. The van der Waals surface area contributed by atoms with Crippen LogP contribution in [0.25, 0.3) is 0 Å². The second-order valence-electron chi connectivity index (χ2n) is 3.78. The number of alkyl halides is 1. The summed E-state index contributed by atoms with van der Waals surface area (Å²) < 4.78 is 18.4. The summed E-state index contributed by atoms with van der Waals surface area (Å²) in [6, 6.07) is 0.517. The average Bonchev–Trinajstić information content (AvgIpc) is 2.65.